The van der Waals surface area contributed by atoms with Gasteiger partial charge in [-0.2, -0.15) is 10.5 Å². The van der Waals surface area contributed by atoms with Crippen molar-refractivity contribution < 1.29 is 9.59 Å². The monoisotopic (exact) mass is 418 g/mol. The molecule has 0 bridgehead atoms. The van der Waals surface area contributed by atoms with E-state index in [-0.39, 0.29) is 47.2 Å². The predicted molar refractivity (Wildman–Crippen MR) is 120 cm³/mol. The van der Waals surface area contributed by atoms with Crippen LogP contribution in [-0.2, 0) is 22.4 Å². The van der Waals surface area contributed by atoms with Gasteiger partial charge in [-0.1, -0.05) is 72.8 Å². The van der Waals surface area contributed by atoms with Gasteiger partial charge in [-0.3, -0.25) is 9.59 Å². The van der Waals surface area contributed by atoms with E-state index in [9.17, 15) is 20.1 Å². The lowest BCUT2D eigenvalue weighted by Gasteiger charge is -2.07. The smallest absolute Gasteiger partial charge is 0.177 e. The fraction of sp³-hybridized carbons (Fsp3) is 0.0769. The Bertz CT molecular complexity index is 1160. The summed E-state index contributed by atoms with van der Waals surface area (Å²) in [5, 5.41) is 18.5. The highest BCUT2D eigenvalue weighted by atomic mass is 16.1. The second-order valence-electron chi connectivity index (χ2n) is 6.81. The Labute approximate surface area is 185 Å². The van der Waals surface area contributed by atoms with E-state index in [2.05, 4.69) is 9.97 Å². The molecule has 0 N–H and O–H groups in total. The maximum absolute atomic E-state index is 12.5. The van der Waals surface area contributed by atoms with E-state index < -0.39 is 0 Å². The summed E-state index contributed by atoms with van der Waals surface area (Å²) >= 11 is 0. The van der Waals surface area contributed by atoms with Crippen molar-refractivity contribution in [2.45, 2.75) is 12.8 Å². The van der Waals surface area contributed by atoms with Gasteiger partial charge in [-0.25, -0.2) is 9.97 Å². The summed E-state index contributed by atoms with van der Waals surface area (Å²) < 4.78 is 0. The van der Waals surface area contributed by atoms with Gasteiger partial charge in [0.2, 0.25) is 0 Å². The summed E-state index contributed by atoms with van der Waals surface area (Å²) in [5.41, 5.74) is 1.82. The van der Waals surface area contributed by atoms with Crippen LogP contribution < -0.4 is 0 Å². The zero-order valence-corrected chi connectivity index (χ0v) is 17.1. The van der Waals surface area contributed by atoms with Gasteiger partial charge >= 0.3 is 0 Å². The molecule has 2 aromatic carbocycles. The summed E-state index contributed by atoms with van der Waals surface area (Å²) in [5.74, 6) is -0.518. The minimum atomic E-state index is -0.259. The Kier molecular flexibility index (Phi) is 7.51. The summed E-state index contributed by atoms with van der Waals surface area (Å²) in [4.78, 5) is 33.3. The van der Waals surface area contributed by atoms with Gasteiger partial charge < -0.3 is 0 Å². The van der Waals surface area contributed by atoms with E-state index in [4.69, 9.17) is 0 Å². The zero-order chi connectivity index (χ0) is 22.8. The molecule has 0 unspecified atom stereocenters. The van der Waals surface area contributed by atoms with Gasteiger partial charge in [0.05, 0.1) is 24.2 Å². The number of nitrogens with zero attached hydrogens (tertiary/aromatic N) is 4. The quantitative estimate of drug-likeness (QED) is 0.514. The van der Waals surface area contributed by atoms with Gasteiger partial charge in [0, 0.05) is 0 Å². The van der Waals surface area contributed by atoms with Gasteiger partial charge in [-0.05, 0) is 23.3 Å². The third-order valence-corrected chi connectivity index (χ3v) is 4.47. The molecule has 6 heteroatoms. The van der Waals surface area contributed by atoms with Crippen molar-refractivity contribution in [2.24, 2.45) is 0 Å². The van der Waals surface area contributed by atoms with Crippen LogP contribution in [0.15, 0.2) is 72.8 Å². The van der Waals surface area contributed by atoms with E-state index in [0.29, 0.717) is 0 Å². The number of hydrogen-bond donors (Lipinski definition) is 0. The molecule has 0 saturated heterocycles. The van der Waals surface area contributed by atoms with Gasteiger partial charge in [0.15, 0.2) is 23.0 Å². The first-order valence-corrected chi connectivity index (χ1v) is 9.81. The highest BCUT2D eigenvalue weighted by molar-refractivity contribution is 5.96. The van der Waals surface area contributed by atoms with Gasteiger partial charge in [-0.15, -0.1) is 0 Å². The van der Waals surface area contributed by atoms with Crippen molar-refractivity contribution in [3.8, 4) is 12.1 Å². The topological polar surface area (TPSA) is 108 Å². The van der Waals surface area contributed by atoms with E-state index in [0.717, 1.165) is 11.1 Å². The molecule has 0 aliphatic heterocycles. The number of nitriles is 2. The molecule has 1 aromatic heterocycles. The fourth-order valence-electron chi connectivity index (χ4n) is 2.90. The Hall–Kier alpha value is -4.68. The van der Waals surface area contributed by atoms with E-state index >= 15 is 0 Å². The van der Waals surface area contributed by atoms with Gasteiger partial charge in [0.25, 0.3) is 0 Å². The minimum Gasteiger partial charge on any atom is -0.294 e. The third-order valence-electron chi connectivity index (χ3n) is 4.47. The Morgan fingerprint density at radius 1 is 0.688 bits per heavy atom. The number of rotatable bonds is 8. The SMILES string of the molecule is N#Cc1nc(CC(=O)/C=C\c2ccccc2)c(CC(=O)/C=C\c2ccccc2)nc1C#N. The van der Waals surface area contributed by atoms with Crippen molar-refractivity contribution in [3.63, 3.8) is 0 Å². The first kappa shape index (κ1) is 22.0. The molecule has 0 radical (unpaired) electrons. The van der Waals surface area contributed by atoms with Crippen LogP contribution in [0.3, 0.4) is 0 Å². The van der Waals surface area contributed by atoms with E-state index in [1.165, 1.54) is 12.2 Å². The molecular formula is C26H18N4O2. The number of aromatic nitrogens is 2. The highest BCUT2D eigenvalue weighted by Gasteiger charge is 2.17. The summed E-state index contributed by atoms with van der Waals surface area (Å²) in [7, 11) is 0. The first-order chi connectivity index (χ1) is 15.6. The van der Waals surface area contributed by atoms with Crippen LogP contribution in [0.5, 0.6) is 0 Å². The maximum Gasteiger partial charge on any atom is 0.177 e. The van der Waals surface area contributed by atoms with Crippen molar-refractivity contribution in [1.82, 2.24) is 9.97 Å². The lowest BCUT2D eigenvalue weighted by atomic mass is 10.1. The summed E-state index contributed by atoms with van der Waals surface area (Å²) in [6.45, 7) is 0. The molecule has 0 spiro atoms. The number of carbonyl (C=O) groups is 2. The van der Waals surface area contributed by atoms with Crippen molar-refractivity contribution in [1.29, 1.82) is 10.5 Å². The first-order valence-electron chi connectivity index (χ1n) is 9.81. The van der Waals surface area contributed by atoms with Crippen LogP contribution in [0.25, 0.3) is 12.2 Å². The van der Waals surface area contributed by atoms with Crippen LogP contribution in [0.2, 0.25) is 0 Å². The average molecular weight is 418 g/mol. The normalized spacial score (nSPS) is 10.7. The Morgan fingerprint density at radius 2 is 1.06 bits per heavy atom. The summed E-state index contributed by atoms with van der Waals surface area (Å²) in [6, 6.07) is 22.3. The molecule has 0 aliphatic rings. The second kappa shape index (κ2) is 10.9. The number of ketones is 2. The van der Waals surface area contributed by atoms with Gasteiger partial charge in [0.1, 0.15) is 12.1 Å². The third kappa shape index (κ3) is 6.16. The van der Waals surface area contributed by atoms with Crippen LogP contribution in [0.1, 0.15) is 33.9 Å². The largest absolute Gasteiger partial charge is 0.294 e. The maximum atomic E-state index is 12.5. The molecule has 6 nitrogen and oxygen atoms in total. The number of allylic oxidation sites excluding steroid dienone is 2. The molecule has 32 heavy (non-hydrogen) atoms. The minimum absolute atomic E-state index is 0.137. The predicted octanol–water partition coefficient (Wildman–Crippen LogP) is 3.87. The molecule has 1 heterocycles. The molecule has 154 valence electrons. The number of carbonyl (C=O) groups excluding carboxylic acids is 2. The van der Waals surface area contributed by atoms with E-state index in [1.54, 1.807) is 12.2 Å². The van der Waals surface area contributed by atoms with Crippen LogP contribution in [0, 0.1) is 22.7 Å². The van der Waals surface area contributed by atoms with E-state index in [1.807, 2.05) is 72.8 Å². The van der Waals surface area contributed by atoms with Crippen molar-refractivity contribution in [2.75, 3.05) is 0 Å². The molecule has 0 aliphatic carbocycles. The zero-order valence-electron chi connectivity index (χ0n) is 17.1. The molecule has 3 aromatic rings. The Balaban J connectivity index is 1.83. The lowest BCUT2D eigenvalue weighted by Crippen LogP contribution is -2.13. The molecule has 0 saturated carbocycles. The Morgan fingerprint density at radius 3 is 1.41 bits per heavy atom. The molecule has 0 atom stereocenters. The molecular weight excluding hydrogens is 400 g/mol. The van der Waals surface area contributed by atoms with Crippen molar-refractivity contribution >= 4 is 23.7 Å². The molecule has 0 amide bonds. The van der Waals surface area contributed by atoms with Crippen molar-refractivity contribution in [3.05, 3.63) is 107 Å². The molecule has 0 fully saturated rings. The number of hydrogen-bond acceptors (Lipinski definition) is 6. The average Bonchev–Trinajstić information content (AvgIpc) is 2.83. The number of benzene rings is 2. The fourth-order valence-corrected chi connectivity index (χ4v) is 2.90. The second-order valence-corrected chi connectivity index (χ2v) is 6.81. The lowest BCUT2D eigenvalue weighted by molar-refractivity contribution is -0.115. The van der Waals surface area contributed by atoms with Crippen LogP contribution in [0.4, 0.5) is 0 Å². The van der Waals surface area contributed by atoms with Crippen LogP contribution in [-0.4, -0.2) is 21.5 Å². The standard InChI is InChI=1S/C26H18N4O2/c27-17-25-26(18-28)30-24(16-22(32)14-12-20-9-5-2-6-10-20)23(29-25)15-21(31)13-11-19-7-3-1-4-8-19/h1-14H,15-16H2/b13-11-,14-12-. The summed E-state index contributed by atoms with van der Waals surface area (Å²) in [6.07, 6.45) is 5.92. The highest BCUT2D eigenvalue weighted by Crippen LogP contribution is 2.13. The van der Waals surface area contributed by atoms with Crippen LogP contribution >= 0.6 is 0 Å². The molecule has 3 rings (SSSR count).